The highest BCUT2D eigenvalue weighted by molar-refractivity contribution is 5.86. The van der Waals surface area contributed by atoms with Crippen molar-refractivity contribution in [2.75, 3.05) is 20.7 Å². The van der Waals surface area contributed by atoms with Crippen molar-refractivity contribution in [3.63, 3.8) is 0 Å². The number of hydrogen-bond donors (Lipinski definition) is 0. The summed E-state index contributed by atoms with van der Waals surface area (Å²) in [5.41, 5.74) is 1.11. The molecule has 1 heterocycles. The summed E-state index contributed by atoms with van der Waals surface area (Å²) in [6.45, 7) is 3.32. The SMILES string of the molecule is CCOc1cccc2c1ccn2CCC(=O)N(C)C. The van der Waals surface area contributed by atoms with E-state index in [1.54, 1.807) is 19.0 Å². The Bertz CT molecular complexity index is 573. The molecule has 102 valence electrons. The highest BCUT2D eigenvalue weighted by atomic mass is 16.5. The van der Waals surface area contributed by atoms with E-state index in [9.17, 15) is 4.79 Å². The Hall–Kier alpha value is -1.97. The zero-order chi connectivity index (χ0) is 13.8. The van der Waals surface area contributed by atoms with Gasteiger partial charge in [0.25, 0.3) is 0 Å². The minimum atomic E-state index is 0.141. The van der Waals surface area contributed by atoms with Crippen LogP contribution in [0, 0.1) is 0 Å². The predicted octanol–water partition coefficient (Wildman–Crippen LogP) is 2.52. The van der Waals surface area contributed by atoms with E-state index >= 15 is 0 Å². The van der Waals surface area contributed by atoms with Crippen molar-refractivity contribution in [1.82, 2.24) is 9.47 Å². The number of rotatable bonds is 5. The van der Waals surface area contributed by atoms with Crippen molar-refractivity contribution in [3.05, 3.63) is 30.5 Å². The molecule has 4 heteroatoms. The molecule has 0 bridgehead atoms. The minimum Gasteiger partial charge on any atom is -0.493 e. The van der Waals surface area contributed by atoms with Crippen LogP contribution >= 0.6 is 0 Å². The van der Waals surface area contributed by atoms with E-state index in [-0.39, 0.29) is 5.91 Å². The van der Waals surface area contributed by atoms with Gasteiger partial charge in [0.15, 0.2) is 0 Å². The highest BCUT2D eigenvalue weighted by Gasteiger charge is 2.08. The quantitative estimate of drug-likeness (QED) is 0.828. The van der Waals surface area contributed by atoms with Crippen molar-refractivity contribution in [2.24, 2.45) is 0 Å². The van der Waals surface area contributed by atoms with Crippen molar-refractivity contribution < 1.29 is 9.53 Å². The van der Waals surface area contributed by atoms with Crippen LogP contribution in [0.5, 0.6) is 5.75 Å². The first-order valence-electron chi connectivity index (χ1n) is 6.54. The minimum absolute atomic E-state index is 0.141. The van der Waals surface area contributed by atoms with Gasteiger partial charge in [-0.1, -0.05) is 6.07 Å². The van der Waals surface area contributed by atoms with Gasteiger partial charge in [0, 0.05) is 38.6 Å². The maximum absolute atomic E-state index is 11.6. The standard InChI is InChI=1S/C15H20N2O2/c1-4-19-14-7-5-6-13-12(14)8-10-17(13)11-9-15(18)16(2)3/h5-8,10H,4,9,11H2,1-3H3. The molecule has 0 aliphatic rings. The molecule has 1 aromatic carbocycles. The van der Waals surface area contributed by atoms with E-state index in [1.165, 1.54) is 0 Å². The number of carbonyl (C=O) groups is 1. The molecule has 0 aliphatic heterocycles. The van der Waals surface area contributed by atoms with E-state index in [2.05, 4.69) is 10.6 Å². The normalized spacial score (nSPS) is 10.7. The van der Waals surface area contributed by atoms with Gasteiger partial charge < -0.3 is 14.2 Å². The molecule has 0 N–H and O–H groups in total. The molecule has 19 heavy (non-hydrogen) atoms. The summed E-state index contributed by atoms with van der Waals surface area (Å²) >= 11 is 0. The highest BCUT2D eigenvalue weighted by Crippen LogP contribution is 2.26. The first-order chi connectivity index (χ1) is 9.13. The van der Waals surface area contributed by atoms with Gasteiger partial charge in [0.2, 0.25) is 5.91 Å². The van der Waals surface area contributed by atoms with Gasteiger partial charge in [0.1, 0.15) is 5.75 Å². The molecule has 0 radical (unpaired) electrons. The fourth-order valence-electron chi connectivity index (χ4n) is 2.11. The Morgan fingerprint density at radius 1 is 1.32 bits per heavy atom. The second-order valence-corrected chi connectivity index (χ2v) is 4.67. The van der Waals surface area contributed by atoms with Gasteiger partial charge in [-0.3, -0.25) is 4.79 Å². The fourth-order valence-corrected chi connectivity index (χ4v) is 2.11. The summed E-state index contributed by atoms with van der Waals surface area (Å²) in [6.07, 6.45) is 2.52. The van der Waals surface area contributed by atoms with Gasteiger partial charge >= 0.3 is 0 Å². The van der Waals surface area contributed by atoms with Crippen LogP contribution in [0.25, 0.3) is 10.9 Å². The van der Waals surface area contributed by atoms with Gasteiger partial charge in [-0.2, -0.15) is 0 Å². The first-order valence-corrected chi connectivity index (χ1v) is 6.54. The first kappa shape index (κ1) is 13.5. The second kappa shape index (κ2) is 5.78. The summed E-state index contributed by atoms with van der Waals surface area (Å²) in [5, 5.41) is 1.10. The molecule has 0 fully saturated rings. The topological polar surface area (TPSA) is 34.5 Å². The lowest BCUT2D eigenvalue weighted by Gasteiger charge is -2.11. The van der Waals surface area contributed by atoms with Gasteiger partial charge in [-0.05, 0) is 25.1 Å². The van der Waals surface area contributed by atoms with Crippen LogP contribution in [-0.4, -0.2) is 36.1 Å². The maximum atomic E-state index is 11.6. The molecular formula is C15H20N2O2. The Kier molecular flexibility index (Phi) is 4.10. The lowest BCUT2D eigenvalue weighted by molar-refractivity contribution is -0.128. The summed E-state index contributed by atoms with van der Waals surface area (Å²) in [4.78, 5) is 13.3. The average Bonchev–Trinajstić information content (AvgIpc) is 2.80. The summed E-state index contributed by atoms with van der Waals surface area (Å²) in [6, 6.07) is 8.05. The van der Waals surface area contributed by atoms with Crippen molar-refractivity contribution in [1.29, 1.82) is 0 Å². The molecule has 1 amide bonds. The van der Waals surface area contributed by atoms with Crippen LogP contribution in [0.3, 0.4) is 0 Å². The van der Waals surface area contributed by atoms with Crippen molar-refractivity contribution in [3.8, 4) is 5.75 Å². The number of carbonyl (C=O) groups excluding carboxylic acids is 1. The number of benzene rings is 1. The number of amides is 1. The molecule has 2 rings (SSSR count). The monoisotopic (exact) mass is 260 g/mol. The zero-order valence-electron chi connectivity index (χ0n) is 11.7. The molecule has 0 aliphatic carbocycles. The third-order valence-corrected chi connectivity index (χ3v) is 3.14. The smallest absolute Gasteiger partial charge is 0.223 e. The number of aromatic nitrogens is 1. The van der Waals surface area contributed by atoms with Crippen molar-refractivity contribution >= 4 is 16.8 Å². The van der Waals surface area contributed by atoms with E-state index in [4.69, 9.17) is 4.74 Å². The van der Waals surface area contributed by atoms with E-state index in [0.717, 1.165) is 16.7 Å². The number of ether oxygens (including phenoxy) is 1. The number of hydrogen-bond acceptors (Lipinski definition) is 2. The lowest BCUT2D eigenvalue weighted by Crippen LogP contribution is -2.22. The molecule has 0 saturated carbocycles. The average molecular weight is 260 g/mol. The molecule has 1 aromatic heterocycles. The number of fused-ring (bicyclic) bond motifs is 1. The summed E-state index contributed by atoms with van der Waals surface area (Å²) < 4.78 is 7.70. The lowest BCUT2D eigenvalue weighted by atomic mass is 10.2. The third kappa shape index (κ3) is 2.89. The van der Waals surface area contributed by atoms with E-state index in [0.29, 0.717) is 19.6 Å². The Balaban J connectivity index is 2.21. The zero-order valence-corrected chi connectivity index (χ0v) is 11.7. The van der Waals surface area contributed by atoms with Crippen molar-refractivity contribution in [2.45, 2.75) is 19.9 Å². The van der Waals surface area contributed by atoms with Crippen LogP contribution in [0.15, 0.2) is 30.5 Å². The Morgan fingerprint density at radius 2 is 2.11 bits per heavy atom. The van der Waals surface area contributed by atoms with Gasteiger partial charge in [0.05, 0.1) is 12.1 Å². The summed E-state index contributed by atoms with van der Waals surface area (Å²) in [7, 11) is 3.56. The summed E-state index contributed by atoms with van der Waals surface area (Å²) in [5.74, 6) is 1.04. The van der Waals surface area contributed by atoms with E-state index in [1.807, 2.05) is 31.3 Å². The van der Waals surface area contributed by atoms with Crippen LogP contribution in [-0.2, 0) is 11.3 Å². The van der Waals surface area contributed by atoms with Gasteiger partial charge in [-0.25, -0.2) is 0 Å². The number of aryl methyl sites for hydroxylation is 1. The molecule has 0 saturated heterocycles. The molecule has 0 unspecified atom stereocenters. The molecule has 0 atom stereocenters. The largest absolute Gasteiger partial charge is 0.493 e. The molecular weight excluding hydrogens is 240 g/mol. The fraction of sp³-hybridized carbons (Fsp3) is 0.400. The number of nitrogens with zero attached hydrogens (tertiary/aromatic N) is 2. The Morgan fingerprint density at radius 3 is 2.79 bits per heavy atom. The van der Waals surface area contributed by atoms with Crippen LogP contribution < -0.4 is 4.74 Å². The maximum Gasteiger partial charge on any atom is 0.223 e. The predicted molar refractivity (Wildman–Crippen MR) is 76.4 cm³/mol. The van der Waals surface area contributed by atoms with E-state index < -0.39 is 0 Å². The van der Waals surface area contributed by atoms with Gasteiger partial charge in [-0.15, -0.1) is 0 Å². The molecule has 0 spiro atoms. The van der Waals surface area contributed by atoms with Crippen LogP contribution in [0.1, 0.15) is 13.3 Å². The third-order valence-electron chi connectivity index (χ3n) is 3.14. The van der Waals surface area contributed by atoms with Crippen LogP contribution in [0.4, 0.5) is 0 Å². The molecule has 2 aromatic rings. The Labute approximate surface area is 113 Å². The van der Waals surface area contributed by atoms with Crippen LogP contribution in [0.2, 0.25) is 0 Å². The second-order valence-electron chi connectivity index (χ2n) is 4.67. The molecule has 4 nitrogen and oxygen atoms in total.